The van der Waals surface area contributed by atoms with E-state index in [9.17, 15) is 4.79 Å². The van der Waals surface area contributed by atoms with Crippen molar-refractivity contribution >= 4 is 0 Å². The number of rotatable bonds is 3. The van der Waals surface area contributed by atoms with Gasteiger partial charge in [-0.1, -0.05) is 0 Å². The lowest BCUT2D eigenvalue weighted by Gasteiger charge is -2.22. The molecule has 0 N–H and O–H groups in total. The van der Waals surface area contributed by atoms with Crippen LogP contribution in [0.15, 0.2) is 10.9 Å². The smallest absolute Gasteiger partial charge is 0.298 e. The van der Waals surface area contributed by atoms with E-state index in [2.05, 4.69) is 11.9 Å². The third-order valence-corrected chi connectivity index (χ3v) is 3.18. The summed E-state index contributed by atoms with van der Waals surface area (Å²) in [5.74, 6) is 0. The highest BCUT2D eigenvalue weighted by Crippen LogP contribution is 2.28. The van der Waals surface area contributed by atoms with E-state index in [1.165, 1.54) is 11.7 Å². The summed E-state index contributed by atoms with van der Waals surface area (Å²) in [6, 6.07) is 1.89. The predicted molar refractivity (Wildman–Crippen MR) is 63.3 cm³/mol. The number of ether oxygens (including phenoxy) is 2. The summed E-state index contributed by atoms with van der Waals surface area (Å²) in [7, 11) is 3.16. The number of nitrogens with zero attached hydrogens (tertiary/aromatic N) is 2. The van der Waals surface area contributed by atoms with Crippen LogP contribution in [0.2, 0.25) is 0 Å². The van der Waals surface area contributed by atoms with Crippen LogP contribution in [-0.2, 0) is 18.2 Å². The maximum atomic E-state index is 11.7. The average Bonchev–Trinajstić information content (AvgIpc) is 2.70. The second-order valence-corrected chi connectivity index (χ2v) is 4.71. The molecule has 94 valence electrons. The minimum Gasteiger partial charge on any atom is -0.468 e. The van der Waals surface area contributed by atoms with Gasteiger partial charge < -0.3 is 9.47 Å². The molecule has 0 unspecified atom stereocenters. The van der Waals surface area contributed by atoms with Gasteiger partial charge in [-0.05, 0) is 19.8 Å². The van der Waals surface area contributed by atoms with Crippen LogP contribution in [0.3, 0.4) is 0 Å². The first kappa shape index (κ1) is 12.1. The van der Waals surface area contributed by atoms with Crippen molar-refractivity contribution in [1.29, 1.82) is 0 Å². The lowest BCUT2D eigenvalue weighted by Crippen LogP contribution is -2.29. The molecule has 2 rings (SSSR count). The van der Waals surface area contributed by atoms with Gasteiger partial charge in [-0.2, -0.15) is 0 Å². The molecule has 5 nitrogen and oxygen atoms in total. The summed E-state index contributed by atoms with van der Waals surface area (Å²) < 4.78 is 12.2. The molecule has 5 heteroatoms. The fraction of sp³-hybridized carbons (Fsp3) is 0.667. The lowest BCUT2D eigenvalue weighted by molar-refractivity contribution is 0.0198. The first-order valence-corrected chi connectivity index (χ1v) is 5.79. The molecule has 0 saturated carbocycles. The second-order valence-electron chi connectivity index (χ2n) is 4.71. The Labute approximate surface area is 100 Å². The number of aromatic nitrogens is 2. The molecule has 1 atom stereocenters. The van der Waals surface area contributed by atoms with Crippen LogP contribution in [-0.4, -0.2) is 28.9 Å². The molecule has 0 amide bonds. The topological polar surface area (TPSA) is 53.4 Å². The van der Waals surface area contributed by atoms with Gasteiger partial charge in [0.1, 0.15) is 0 Å². The van der Waals surface area contributed by atoms with Gasteiger partial charge >= 0.3 is 0 Å². The monoisotopic (exact) mass is 238 g/mol. The third kappa shape index (κ3) is 2.49. The third-order valence-electron chi connectivity index (χ3n) is 3.18. The number of hydrogen-bond acceptors (Lipinski definition) is 4. The summed E-state index contributed by atoms with van der Waals surface area (Å²) in [5, 5.41) is 0. The minimum absolute atomic E-state index is 0.103. The van der Waals surface area contributed by atoms with Gasteiger partial charge in [0.15, 0.2) is 0 Å². The Bertz CT molecular complexity index is 461. The van der Waals surface area contributed by atoms with Crippen LogP contribution in [0, 0.1) is 0 Å². The highest BCUT2D eigenvalue weighted by Gasteiger charge is 2.30. The molecule has 1 aromatic rings. The van der Waals surface area contributed by atoms with E-state index in [4.69, 9.17) is 9.47 Å². The van der Waals surface area contributed by atoms with Crippen LogP contribution < -0.4 is 10.3 Å². The van der Waals surface area contributed by atoms with Crippen molar-refractivity contribution in [3.05, 3.63) is 22.1 Å². The molecule has 0 spiro atoms. The SMILES string of the molecule is COc1nc(C[C@@]2(C)CCCO2)cc(=O)n1C. The number of methoxy groups -OCH3 is 1. The van der Waals surface area contributed by atoms with Crippen LogP contribution in [0.25, 0.3) is 0 Å². The van der Waals surface area contributed by atoms with Crippen LogP contribution in [0.1, 0.15) is 25.5 Å². The molecule has 1 saturated heterocycles. The van der Waals surface area contributed by atoms with E-state index >= 15 is 0 Å². The summed E-state index contributed by atoms with van der Waals surface area (Å²) in [6.07, 6.45) is 2.73. The van der Waals surface area contributed by atoms with Crippen molar-refractivity contribution in [2.24, 2.45) is 7.05 Å². The fourth-order valence-electron chi connectivity index (χ4n) is 2.20. The van der Waals surface area contributed by atoms with E-state index < -0.39 is 0 Å². The van der Waals surface area contributed by atoms with Gasteiger partial charge in [-0.15, -0.1) is 0 Å². The van der Waals surface area contributed by atoms with Crippen molar-refractivity contribution < 1.29 is 9.47 Å². The maximum Gasteiger partial charge on any atom is 0.298 e. The summed E-state index contributed by atoms with van der Waals surface area (Å²) >= 11 is 0. The Morgan fingerprint density at radius 1 is 1.65 bits per heavy atom. The van der Waals surface area contributed by atoms with Gasteiger partial charge in [0.2, 0.25) is 0 Å². The maximum absolute atomic E-state index is 11.7. The van der Waals surface area contributed by atoms with Crippen molar-refractivity contribution in [3.63, 3.8) is 0 Å². The molecule has 0 aliphatic carbocycles. The quantitative estimate of drug-likeness (QED) is 0.785. The molecule has 1 aromatic heterocycles. The second kappa shape index (κ2) is 4.49. The average molecular weight is 238 g/mol. The van der Waals surface area contributed by atoms with Crippen molar-refractivity contribution in [3.8, 4) is 6.01 Å². The van der Waals surface area contributed by atoms with E-state index in [1.54, 1.807) is 13.1 Å². The Morgan fingerprint density at radius 3 is 3.00 bits per heavy atom. The Kier molecular flexibility index (Phi) is 3.19. The van der Waals surface area contributed by atoms with Crippen molar-refractivity contribution in [2.75, 3.05) is 13.7 Å². The van der Waals surface area contributed by atoms with Gasteiger partial charge in [0, 0.05) is 26.1 Å². The highest BCUT2D eigenvalue weighted by molar-refractivity contribution is 5.10. The zero-order valence-electron chi connectivity index (χ0n) is 10.5. The largest absolute Gasteiger partial charge is 0.468 e. The van der Waals surface area contributed by atoms with E-state index in [-0.39, 0.29) is 11.2 Å². The molecule has 0 bridgehead atoms. The molecule has 0 aromatic carbocycles. The highest BCUT2D eigenvalue weighted by atomic mass is 16.5. The molecule has 1 fully saturated rings. The van der Waals surface area contributed by atoms with Crippen molar-refractivity contribution in [2.45, 2.75) is 31.8 Å². The lowest BCUT2D eigenvalue weighted by atomic mass is 9.96. The van der Waals surface area contributed by atoms with E-state index in [1.807, 2.05) is 0 Å². The van der Waals surface area contributed by atoms with Gasteiger partial charge in [0.25, 0.3) is 11.6 Å². The summed E-state index contributed by atoms with van der Waals surface area (Å²) in [6.45, 7) is 2.85. The first-order chi connectivity index (χ1) is 8.04. The standard InChI is InChI=1S/C12H18N2O3/c1-12(5-4-6-17-12)8-9-7-10(15)14(2)11(13-9)16-3/h7H,4-6,8H2,1-3H3/t12-/m1/s1. The molecular weight excluding hydrogens is 220 g/mol. The zero-order chi connectivity index (χ0) is 12.5. The summed E-state index contributed by atoms with van der Waals surface area (Å²) in [4.78, 5) is 16.0. The summed E-state index contributed by atoms with van der Waals surface area (Å²) in [5.41, 5.74) is 0.437. The van der Waals surface area contributed by atoms with Crippen LogP contribution in [0.4, 0.5) is 0 Å². The Morgan fingerprint density at radius 2 is 2.41 bits per heavy atom. The molecule has 1 aliphatic rings. The predicted octanol–water partition coefficient (Wildman–Crippen LogP) is 0.900. The molecule has 2 heterocycles. The normalized spacial score (nSPS) is 23.9. The molecule has 1 aliphatic heterocycles. The number of hydrogen-bond donors (Lipinski definition) is 0. The Hall–Kier alpha value is -1.36. The molecule has 17 heavy (non-hydrogen) atoms. The zero-order valence-corrected chi connectivity index (χ0v) is 10.5. The van der Waals surface area contributed by atoms with Gasteiger partial charge in [-0.25, -0.2) is 4.98 Å². The molecule has 0 radical (unpaired) electrons. The minimum atomic E-state index is -0.190. The van der Waals surface area contributed by atoms with Crippen LogP contribution in [0.5, 0.6) is 6.01 Å². The van der Waals surface area contributed by atoms with Crippen molar-refractivity contribution in [1.82, 2.24) is 9.55 Å². The van der Waals surface area contributed by atoms with Gasteiger partial charge in [0.05, 0.1) is 18.4 Å². The first-order valence-electron chi connectivity index (χ1n) is 5.79. The fourth-order valence-corrected chi connectivity index (χ4v) is 2.20. The van der Waals surface area contributed by atoms with Crippen LogP contribution >= 0.6 is 0 Å². The Balaban J connectivity index is 2.27. The molecular formula is C12H18N2O3. The van der Waals surface area contributed by atoms with E-state index in [0.717, 1.165) is 25.1 Å². The van der Waals surface area contributed by atoms with Gasteiger partial charge in [-0.3, -0.25) is 9.36 Å². The van der Waals surface area contributed by atoms with E-state index in [0.29, 0.717) is 12.4 Å².